The van der Waals surface area contributed by atoms with Crippen LogP contribution in [0.15, 0.2) is 53.1 Å². The molecule has 34 heavy (non-hydrogen) atoms. The molecule has 1 aromatic heterocycles. The first-order valence-corrected chi connectivity index (χ1v) is 11.3. The van der Waals surface area contributed by atoms with Crippen LogP contribution in [0.4, 0.5) is 0 Å². The lowest BCUT2D eigenvalue weighted by atomic mass is 10.0. The molecule has 3 rings (SSSR count). The molecule has 0 saturated carbocycles. The van der Waals surface area contributed by atoms with Gasteiger partial charge < -0.3 is 19.7 Å². The molecule has 0 aliphatic heterocycles. The molecule has 9 heteroatoms. The maximum Gasteiger partial charge on any atom is 0.305 e. The first-order chi connectivity index (χ1) is 16.3. The van der Waals surface area contributed by atoms with E-state index in [1.165, 1.54) is 6.08 Å². The largest absolute Gasteiger partial charge is 0.489 e. The summed E-state index contributed by atoms with van der Waals surface area (Å²) in [7, 11) is 0. The van der Waals surface area contributed by atoms with E-state index in [1.807, 2.05) is 13.8 Å². The van der Waals surface area contributed by atoms with Crippen molar-refractivity contribution in [3.05, 3.63) is 75.5 Å². The molecule has 0 fully saturated rings. The molecule has 0 atom stereocenters. The molecule has 0 bridgehead atoms. The summed E-state index contributed by atoms with van der Waals surface area (Å²) >= 11 is 12.8. The van der Waals surface area contributed by atoms with Crippen LogP contribution in [0.5, 0.6) is 5.75 Å². The van der Waals surface area contributed by atoms with E-state index in [0.29, 0.717) is 32.8 Å². The molecule has 3 aromatic rings. The fourth-order valence-electron chi connectivity index (χ4n) is 3.19. The Morgan fingerprint density at radius 2 is 1.82 bits per heavy atom. The number of nitrogens with one attached hydrogen (secondary N) is 1. The summed E-state index contributed by atoms with van der Waals surface area (Å²) in [6.45, 7) is 4.28. The SMILES string of the molecule is CC(C)c1onc(-c2c(Cl)cccc2Cl)c1COc1ccc(C=CC(=O)NCCC(=O)O)cc1. The molecule has 0 aliphatic carbocycles. The lowest BCUT2D eigenvalue weighted by molar-refractivity contribution is -0.136. The van der Waals surface area contributed by atoms with Crippen LogP contribution in [-0.2, 0) is 16.2 Å². The molecular weight excluding hydrogens is 479 g/mol. The Bertz CT molecular complexity index is 1170. The standard InChI is InChI=1S/C25H24Cl2N2O5/c1-15(2)25-18(24(29-34-25)23-19(26)4-3-5-20(23)27)14-33-17-9-6-16(7-10-17)8-11-21(30)28-13-12-22(31)32/h3-11,15H,12-14H2,1-2H3,(H,28,30)(H,31,32). The Morgan fingerprint density at radius 3 is 2.44 bits per heavy atom. The Balaban J connectivity index is 1.70. The van der Waals surface area contributed by atoms with Gasteiger partial charge in [0.2, 0.25) is 5.91 Å². The number of carbonyl (C=O) groups excluding carboxylic acids is 1. The summed E-state index contributed by atoms with van der Waals surface area (Å²) in [5.41, 5.74) is 2.71. The number of amides is 1. The summed E-state index contributed by atoms with van der Waals surface area (Å²) in [4.78, 5) is 22.2. The van der Waals surface area contributed by atoms with Gasteiger partial charge in [0.05, 0.1) is 22.0 Å². The van der Waals surface area contributed by atoms with Crippen LogP contribution in [0.25, 0.3) is 17.3 Å². The van der Waals surface area contributed by atoms with Gasteiger partial charge in [-0.2, -0.15) is 0 Å². The van der Waals surface area contributed by atoms with Gasteiger partial charge in [-0.25, -0.2) is 0 Å². The molecule has 1 amide bonds. The molecule has 1 heterocycles. The minimum Gasteiger partial charge on any atom is -0.489 e. The molecular formula is C25H24Cl2N2O5. The van der Waals surface area contributed by atoms with Crippen LogP contribution in [0.2, 0.25) is 10.0 Å². The van der Waals surface area contributed by atoms with Gasteiger partial charge in [0.25, 0.3) is 0 Å². The second kappa shape index (κ2) is 11.7. The lowest BCUT2D eigenvalue weighted by Crippen LogP contribution is -2.23. The third kappa shape index (κ3) is 6.62. The topological polar surface area (TPSA) is 102 Å². The average Bonchev–Trinajstić information content (AvgIpc) is 3.20. The number of carbonyl (C=O) groups is 2. The fraction of sp³-hybridized carbons (Fsp3) is 0.240. The Morgan fingerprint density at radius 1 is 1.15 bits per heavy atom. The number of carboxylic acids is 1. The molecule has 178 valence electrons. The number of ether oxygens (including phenoxy) is 1. The van der Waals surface area contributed by atoms with Crippen molar-refractivity contribution in [1.82, 2.24) is 10.5 Å². The van der Waals surface area contributed by atoms with Crippen LogP contribution in [0.3, 0.4) is 0 Å². The Hall–Kier alpha value is -3.29. The number of aromatic nitrogens is 1. The number of benzene rings is 2. The number of carboxylic acid groups (broad SMARTS) is 1. The highest BCUT2D eigenvalue weighted by Crippen LogP contribution is 2.38. The molecule has 2 aromatic carbocycles. The van der Waals surface area contributed by atoms with Gasteiger partial charge in [-0.15, -0.1) is 0 Å². The van der Waals surface area contributed by atoms with Crippen molar-refractivity contribution in [2.75, 3.05) is 6.54 Å². The highest BCUT2D eigenvalue weighted by molar-refractivity contribution is 6.39. The van der Waals surface area contributed by atoms with Crippen molar-refractivity contribution in [3.63, 3.8) is 0 Å². The molecule has 0 spiro atoms. The zero-order valence-electron chi connectivity index (χ0n) is 18.7. The van der Waals surface area contributed by atoms with Gasteiger partial charge in [-0.3, -0.25) is 9.59 Å². The van der Waals surface area contributed by atoms with Crippen molar-refractivity contribution in [1.29, 1.82) is 0 Å². The van der Waals surface area contributed by atoms with Crippen LogP contribution in [0, 0.1) is 0 Å². The van der Waals surface area contributed by atoms with Gasteiger partial charge in [0, 0.05) is 24.1 Å². The quantitative estimate of drug-likeness (QED) is 0.332. The molecule has 0 unspecified atom stereocenters. The minimum absolute atomic E-state index is 0.0773. The van der Waals surface area contributed by atoms with E-state index < -0.39 is 5.97 Å². The van der Waals surface area contributed by atoms with E-state index >= 15 is 0 Å². The third-order valence-electron chi connectivity index (χ3n) is 4.87. The van der Waals surface area contributed by atoms with Gasteiger partial charge in [-0.05, 0) is 35.9 Å². The minimum atomic E-state index is -0.964. The van der Waals surface area contributed by atoms with E-state index in [9.17, 15) is 9.59 Å². The van der Waals surface area contributed by atoms with E-state index in [1.54, 1.807) is 48.5 Å². The highest BCUT2D eigenvalue weighted by Gasteiger charge is 2.23. The van der Waals surface area contributed by atoms with Gasteiger partial charge in [-0.1, -0.05) is 60.4 Å². The molecule has 0 saturated heterocycles. The van der Waals surface area contributed by atoms with Crippen LogP contribution in [0.1, 0.15) is 43.1 Å². The molecule has 2 N–H and O–H groups in total. The second-order valence-electron chi connectivity index (χ2n) is 7.75. The lowest BCUT2D eigenvalue weighted by Gasteiger charge is -2.11. The summed E-state index contributed by atoms with van der Waals surface area (Å²) in [5.74, 6) is 0.0691. The third-order valence-corrected chi connectivity index (χ3v) is 5.50. The van der Waals surface area contributed by atoms with E-state index in [4.69, 9.17) is 37.6 Å². The normalized spacial score (nSPS) is 11.2. The number of hydrogen-bond donors (Lipinski definition) is 2. The van der Waals surface area contributed by atoms with Gasteiger partial charge in [0.15, 0.2) is 0 Å². The summed E-state index contributed by atoms with van der Waals surface area (Å²) < 4.78 is 11.6. The first kappa shape index (κ1) is 25.3. The van der Waals surface area contributed by atoms with Crippen LogP contribution >= 0.6 is 23.2 Å². The maximum atomic E-state index is 11.7. The number of aliphatic carboxylic acids is 1. The predicted octanol–water partition coefficient (Wildman–Crippen LogP) is 5.95. The zero-order chi connectivity index (χ0) is 24.7. The van der Waals surface area contributed by atoms with Crippen LogP contribution in [-0.4, -0.2) is 28.7 Å². The molecule has 0 aliphatic rings. The maximum absolute atomic E-state index is 11.7. The number of hydrogen-bond acceptors (Lipinski definition) is 5. The number of rotatable bonds is 10. The van der Waals surface area contributed by atoms with E-state index in [-0.39, 0.29) is 31.4 Å². The number of nitrogens with zero attached hydrogens (tertiary/aromatic N) is 1. The van der Waals surface area contributed by atoms with E-state index in [2.05, 4.69) is 10.5 Å². The van der Waals surface area contributed by atoms with Crippen molar-refractivity contribution in [2.45, 2.75) is 32.8 Å². The predicted molar refractivity (Wildman–Crippen MR) is 131 cm³/mol. The van der Waals surface area contributed by atoms with Crippen LogP contribution < -0.4 is 10.1 Å². The van der Waals surface area contributed by atoms with Gasteiger partial charge in [0.1, 0.15) is 23.8 Å². The van der Waals surface area contributed by atoms with Gasteiger partial charge >= 0.3 is 5.97 Å². The highest BCUT2D eigenvalue weighted by atomic mass is 35.5. The molecule has 7 nitrogen and oxygen atoms in total. The number of halogens is 2. The van der Waals surface area contributed by atoms with Crippen molar-refractivity contribution in [3.8, 4) is 17.0 Å². The summed E-state index contributed by atoms with van der Waals surface area (Å²) in [6, 6.07) is 12.4. The second-order valence-corrected chi connectivity index (χ2v) is 8.57. The Labute approximate surface area is 207 Å². The first-order valence-electron chi connectivity index (χ1n) is 10.6. The molecule has 0 radical (unpaired) electrons. The zero-order valence-corrected chi connectivity index (χ0v) is 20.2. The van der Waals surface area contributed by atoms with E-state index in [0.717, 1.165) is 11.1 Å². The smallest absolute Gasteiger partial charge is 0.305 e. The average molecular weight is 503 g/mol. The van der Waals surface area contributed by atoms with Crippen molar-refractivity contribution >= 4 is 41.2 Å². The van der Waals surface area contributed by atoms with Crippen molar-refractivity contribution in [2.24, 2.45) is 0 Å². The van der Waals surface area contributed by atoms with Crippen molar-refractivity contribution < 1.29 is 24.0 Å². The monoisotopic (exact) mass is 502 g/mol. The summed E-state index contributed by atoms with van der Waals surface area (Å²) in [6.07, 6.45) is 2.86. The summed E-state index contributed by atoms with van der Waals surface area (Å²) in [5, 5.41) is 16.3. The fourth-order valence-corrected chi connectivity index (χ4v) is 3.77. The Kier molecular flexibility index (Phi) is 8.73.